The molecule has 8 heteroatoms. The van der Waals surface area contributed by atoms with Crippen LogP contribution in [0.2, 0.25) is 5.02 Å². The van der Waals surface area contributed by atoms with Crippen molar-refractivity contribution in [3.8, 4) is 0 Å². The Morgan fingerprint density at radius 1 is 1.06 bits per heavy atom. The van der Waals surface area contributed by atoms with Gasteiger partial charge in [0.15, 0.2) is 0 Å². The molecule has 1 aromatic carbocycles. The molecule has 1 atom stereocenters. The number of piperidine rings is 1. The van der Waals surface area contributed by atoms with Crippen molar-refractivity contribution < 1.29 is 4.79 Å². The number of nitrogens with zero attached hydrogens (tertiary/aromatic N) is 3. The number of aryl methyl sites for hydroxylation is 1. The Morgan fingerprint density at radius 3 is 2.38 bits per heavy atom. The van der Waals surface area contributed by atoms with Crippen molar-refractivity contribution in [1.82, 2.24) is 20.0 Å². The second-order valence-electron chi connectivity index (χ2n) is 9.54. The van der Waals surface area contributed by atoms with E-state index in [1.165, 1.54) is 19.3 Å². The van der Waals surface area contributed by atoms with Crippen molar-refractivity contribution >= 4 is 23.2 Å². The second kappa shape index (κ2) is 8.60. The van der Waals surface area contributed by atoms with Gasteiger partial charge in [-0.05, 0) is 43.7 Å². The number of rotatable bonds is 4. The molecular weight excluding hydrogens is 426 g/mol. The van der Waals surface area contributed by atoms with Crippen LogP contribution in [0, 0.1) is 5.92 Å². The van der Waals surface area contributed by atoms with E-state index in [9.17, 15) is 9.59 Å². The van der Waals surface area contributed by atoms with E-state index in [4.69, 9.17) is 11.6 Å². The molecule has 2 aromatic rings. The molecule has 172 valence electrons. The zero-order valence-corrected chi connectivity index (χ0v) is 19.4. The molecule has 3 heterocycles. The maximum atomic E-state index is 13.1. The van der Waals surface area contributed by atoms with Crippen LogP contribution in [0.1, 0.15) is 56.7 Å². The summed E-state index contributed by atoms with van der Waals surface area (Å²) in [6.07, 6.45) is 7.54. The van der Waals surface area contributed by atoms with E-state index in [1.54, 1.807) is 0 Å². The molecule has 3 fully saturated rings. The lowest BCUT2D eigenvalue weighted by Gasteiger charge is -2.47. The van der Waals surface area contributed by atoms with Gasteiger partial charge in [-0.1, -0.05) is 49.1 Å². The van der Waals surface area contributed by atoms with E-state index in [0.29, 0.717) is 17.6 Å². The minimum absolute atomic E-state index is 0.0961. The highest BCUT2D eigenvalue weighted by Gasteiger charge is 2.51. The number of benzene rings is 1. The fraction of sp³-hybridized carbons (Fsp3) is 0.583. The number of H-pyrrole nitrogens is 1. The van der Waals surface area contributed by atoms with Crippen molar-refractivity contribution in [2.75, 3.05) is 24.7 Å². The summed E-state index contributed by atoms with van der Waals surface area (Å²) in [6, 6.07) is 10.3. The van der Waals surface area contributed by atoms with Crippen LogP contribution in [-0.2, 0) is 11.8 Å². The van der Waals surface area contributed by atoms with Gasteiger partial charge in [0.05, 0.1) is 18.4 Å². The van der Waals surface area contributed by atoms with Crippen molar-refractivity contribution in [3.63, 3.8) is 0 Å². The molecule has 1 aromatic heterocycles. The third-order valence-corrected chi connectivity index (χ3v) is 8.22. The van der Waals surface area contributed by atoms with Crippen LogP contribution in [-0.4, -0.2) is 45.9 Å². The second-order valence-corrected chi connectivity index (χ2v) is 9.92. The van der Waals surface area contributed by atoms with Crippen LogP contribution in [0.3, 0.4) is 0 Å². The number of aromatic nitrogens is 2. The standard InChI is InChI=1S/C24H32ClN5O2/c1-28-21(19(25)22(31)27-28)20(17-8-4-2-5-9-17)29-14-12-24(13-15-29)23(32)26-16-30(24)18-10-6-3-7-11-18/h3,6-7,10-11,17,20H,2,4-5,8-9,12-16H2,1H3,(H,26,32)(H,27,31). The summed E-state index contributed by atoms with van der Waals surface area (Å²) in [5.41, 5.74) is 1.25. The molecule has 1 unspecified atom stereocenters. The number of amides is 1. The summed E-state index contributed by atoms with van der Waals surface area (Å²) in [4.78, 5) is 30.1. The van der Waals surface area contributed by atoms with Crippen LogP contribution >= 0.6 is 11.6 Å². The molecule has 0 radical (unpaired) electrons. The SMILES string of the molecule is Cn1[nH]c(=O)c(Cl)c1C(C1CCCCC1)N1CCC2(CC1)C(=O)NCN2c1ccccc1. The number of hydrogen-bond donors (Lipinski definition) is 2. The predicted octanol–water partition coefficient (Wildman–Crippen LogP) is 3.42. The van der Waals surface area contributed by atoms with Gasteiger partial charge in [-0.3, -0.25) is 24.3 Å². The Bertz CT molecular complexity index is 1020. The zero-order valence-electron chi connectivity index (χ0n) is 18.6. The quantitative estimate of drug-likeness (QED) is 0.737. The van der Waals surface area contributed by atoms with Gasteiger partial charge in [0.1, 0.15) is 10.6 Å². The van der Waals surface area contributed by atoms with Crippen LogP contribution in [0.25, 0.3) is 0 Å². The molecule has 2 saturated heterocycles. The van der Waals surface area contributed by atoms with Crippen LogP contribution < -0.4 is 15.8 Å². The molecule has 1 amide bonds. The van der Waals surface area contributed by atoms with E-state index in [0.717, 1.165) is 50.2 Å². The number of halogens is 1. The molecule has 32 heavy (non-hydrogen) atoms. The fourth-order valence-electron chi connectivity index (χ4n) is 6.20. The van der Waals surface area contributed by atoms with E-state index >= 15 is 0 Å². The van der Waals surface area contributed by atoms with E-state index in [2.05, 4.69) is 32.3 Å². The minimum Gasteiger partial charge on any atom is -0.339 e. The first kappa shape index (κ1) is 21.6. The number of anilines is 1. The number of aromatic amines is 1. The fourth-order valence-corrected chi connectivity index (χ4v) is 6.48. The Balaban J connectivity index is 1.43. The molecule has 7 nitrogen and oxygen atoms in total. The van der Waals surface area contributed by atoms with Gasteiger partial charge in [0.25, 0.3) is 5.56 Å². The van der Waals surface area contributed by atoms with Gasteiger partial charge in [-0.25, -0.2) is 0 Å². The third kappa shape index (κ3) is 3.55. The van der Waals surface area contributed by atoms with E-state index in [1.807, 2.05) is 29.9 Å². The summed E-state index contributed by atoms with van der Waals surface area (Å²) in [7, 11) is 1.88. The van der Waals surface area contributed by atoms with Crippen molar-refractivity contribution in [2.24, 2.45) is 13.0 Å². The molecule has 1 aliphatic carbocycles. The van der Waals surface area contributed by atoms with Crippen molar-refractivity contribution in [3.05, 3.63) is 51.4 Å². The first-order chi connectivity index (χ1) is 15.5. The Hall–Kier alpha value is -2.25. The smallest absolute Gasteiger partial charge is 0.283 e. The molecule has 5 rings (SSSR count). The third-order valence-electron chi connectivity index (χ3n) is 7.85. The van der Waals surface area contributed by atoms with Crippen molar-refractivity contribution in [2.45, 2.75) is 56.5 Å². The number of nitrogens with one attached hydrogen (secondary N) is 2. The number of carbonyl (C=O) groups excluding carboxylic acids is 1. The Labute approximate surface area is 193 Å². The first-order valence-corrected chi connectivity index (χ1v) is 12.2. The summed E-state index contributed by atoms with van der Waals surface area (Å²) in [6.45, 7) is 2.15. The predicted molar refractivity (Wildman–Crippen MR) is 126 cm³/mol. The van der Waals surface area contributed by atoms with Gasteiger partial charge in [0, 0.05) is 25.8 Å². The van der Waals surface area contributed by atoms with Gasteiger partial charge in [-0.15, -0.1) is 0 Å². The first-order valence-electron chi connectivity index (χ1n) is 11.8. The van der Waals surface area contributed by atoms with E-state index in [-0.39, 0.29) is 17.5 Å². The molecule has 1 spiro atoms. The maximum Gasteiger partial charge on any atom is 0.283 e. The zero-order chi connectivity index (χ0) is 22.3. The lowest BCUT2D eigenvalue weighted by Crippen LogP contribution is -2.57. The maximum absolute atomic E-state index is 13.1. The van der Waals surface area contributed by atoms with Gasteiger partial charge in [0.2, 0.25) is 5.91 Å². The topological polar surface area (TPSA) is 73.4 Å². The minimum atomic E-state index is -0.511. The highest BCUT2D eigenvalue weighted by Crippen LogP contribution is 2.44. The van der Waals surface area contributed by atoms with Gasteiger partial charge < -0.3 is 10.2 Å². The number of likely N-dealkylation sites (tertiary alicyclic amines) is 1. The van der Waals surface area contributed by atoms with E-state index < -0.39 is 5.54 Å². The molecule has 0 bridgehead atoms. The lowest BCUT2D eigenvalue weighted by atomic mass is 9.79. The summed E-state index contributed by atoms with van der Waals surface area (Å²) in [5, 5.41) is 6.25. The van der Waals surface area contributed by atoms with Gasteiger partial charge >= 0.3 is 0 Å². The molecule has 3 aliphatic rings. The summed E-state index contributed by atoms with van der Waals surface area (Å²) >= 11 is 6.53. The van der Waals surface area contributed by atoms with Crippen molar-refractivity contribution in [1.29, 1.82) is 0 Å². The summed E-state index contributed by atoms with van der Waals surface area (Å²) in [5.74, 6) is 0.599. The highest BCUT2D eigenvalue weighted by atomic mass is 35.5. The Morgan fingerprint density at radius 2 is 1.75 bits per heavy atom. The Kier molecular flexibility index (Phi) is 5.80. The average Bonchev–Trinajstić information content (AvgIpc) is 3.26. The molecular formula is C24H32ClN5O2. The normalized spacial score (nSPS) is 22.9. The monoisotopic (exact) mass is 457 g/mol. The molecule has 1 saturated carbocycles. The number of hydrogen-bond acceptors (Lipinski definition) is 4. The van der Waals surface area contributed by atoms with Crippen LogP contribution in [0.15, 0.2) is 35.1 Å². The number of para-hydroxylation sites is 1. The lowest BCUT2D eigenvalue weighted by molar-refractivity contribution is -0.125. The largest absolute Gasteiger partial charge is 0.339 e. The molecule has 2 aliphatic heterocycles. The summed E-state index contributed by atoms with van der Waals surface area (Å²) < 4.78 is 1.81. The van der Waals surface area contributed by atoms with Gasteiger partial charge in [-0.2, -0.15) is 0 Å². The van der Waals surface area contributed by atoms with Crippen LogP contribution in [0.5, 0.6) is 0 Å². The average molecular weight is 458 g/mol. The van der Waals surface area contributed by atoms with Crippen LogP contribution in [0.4, 0.5) is 5.69 Å². The highest BCUT2D eigenvalue weighted by molar-refractivity contribution is 6.31. The molecule has 2 N–H and O–H groups in total. The number of carbonyl (C=O) groups is 1.